The van der Waals surface area contributed by atoms with E-state index in [0.29, 0.717) is 30.2 Å². The Morgan fingerprint density at radius 2 is 2.00 bits per heavy atom. The number of hydrogen-bond donors (Lipinski definition) is 3. The van der Waals surface area contributed by atoms with Gasteiger partial charge in [-0.1, -0.05) is 6.42 Å². The molecule has 33 heavy (non-hydrogen) atoms. The summed E-state index contributed by atoms with van der Waals surface area (Å²) >= 11 is 0. The third-order valence-electron chi connectivity index (χ3n) is 6.35. The Balaban J connectivity index is 1.47. The highest BCUT2D eigenvalue weighted by atomic mass is 16.4. The lowest BCUT2D eigenvalue weighted by Crippen LogP contribution is -2.46. The molecule has 0 radical (unpaired) electrons. The molecule has 168 valence electrons. The molecule has 10 heteroatoms. The first kappa shape index (κ1) is 20.7. The number of primary amides is 1. The molecule has 1 amide bonds. The predicted octanol–water partition coefficient (Wildman–Crippen LogP) is 3.50. The fourth-order valence-electron chi connectivity index (χ4n) is 4.45. The molecule has 1 aliphatic carbocycles. The number of oxazole rings is 1. The summed E-state index contributed by atoms with van der Waals surface area (Å²) in [6, 6.07) is 8.71. The summed E-state index contributed by atoms with van der Waals surface area (Å²) in [7, 11) is 0. The van der Waals surface area contributed by atoms with Gasteiger partial charge in [-0.3, -0.25) is 9.59 Å². The Bertz CT molecular complexity index is 1310. The molecule has 4 aromatic rings. The van der Waals surface area contributed by atoms with E-state index in [9.17, 15) is 14.7 Å². The van der Waals surface area contributed by atoms with Gasteiger partial charge in [0.15, 0.2) is 12.2 Å². The minimum atomic E-state index is -1.03. The first-order valence-corrected chi connectivity index (χ1v) is 10.6. The number of carboxylic acids is 1. The maximum absolute atomic E-state index is 12.2. The van der Waals surface area contributed by atoms with Gasteiger partial charge in [0, 0.05) is 35.5 Å². The SMILES string of the molecule is NC(=O)CC(n1ccc2cnc(Nc3ccc(-c4cnco4)cc3)nc21)C1(C(=O)O)CCC1. The second kappa shape index (κ2) is 8.05. The third-order valence-corrected chi connectivity index (χ3v) is 6.35. The molecular formula is C23H22N6O4. The summed E-state index contributed by atoms with van der Waals surface area (Å²) in [5.41, 5.74) is 6.67. The number of rotatable bonds is 8. The standard InChI is InChI=1S/C23H22N6O4/c24-19(30)10-18(23(21(31)32)7-1-8-23)29-9-6-15-11-26-22(28-20(15)29)27-16-4-2-14(3-5-16)17-12-25-13-33-17/h2-6,9,11-13,18H,1,7-8,10H2,(H2,24,30)(H,31,32)(H,26,27,28). The van der Waals surface area contributed by atoms with Gasteiger partial charge in [0.25, 0.3) is 0 Å². The molecule has 1 aliphatic rings. The van der Waals surface area contributed by atoms with Crippen LogP contribution in [0.5, 0.6) is 0 Å². The zero-order valence-electron chi connectivity index (χ0n) is 17.6. The molecule has 3 heterocycles. The van der Waals surface area contributed by atoms with Crippen molar-refractivity contribution < 1.29 is 19.1 Å². The lowest BCUT2D eigenvalue weighted by Gasteiger charge is -2.44. The van der Waals surface area contributed by atoms with Crippen LogP contribution in [0.2, 0.25) is 0 Å². The number of fused-ring (bicyclic) bond motifs is 1. The Labute approximate surface area is 188 Å². The van der Waals surface area contributed by atoms with Crippen molar-refractivity contribution in [3.63, 3.8) is 0 Å². The largest absolute Gasteiger partial charge is 0.481 e. The van der Waals surface area contributed by atoms with Gasteiger partial charge in [0.2, 0.25) is 11.9 Å². The highest BCUT2D eigenvalue weighted by Crippen LogP contribution is 2.51. The number of carboxylic acid groups (broad SMARTS) is 1. The number of carbonyl (C=O) groups excluding carboxylic acids is 1. The van der Waals surface area contributed by atoms with Crippen molar-refractivity contribution in [3.8, 4) is 11.3 Å². The van der Waals surface area contributed by atoms with E-state index in [2.05, 4.69) is 20.3 Å². The number of carbonyl (C=O) groups is 2. The molecule has 1 aromatic carbocycles. The molecule has 3 aromatic heterocycles. The average molecular weight is 446 g/mol. The van der Waals surface area contributed by atoms with Gasteiger partial charge in [-0.2, -0.15) is 4.98 Å². The number of nitrogens with two attached hydrogens (primary N) is 1. The van der Waals surface area contributed by atoms with Crippen LogP contribution in [0, 0.1) is 5.41 Å². The van der Waals surface area contributed by atoms with E-state index in [1.807, 2.05) is 30.3 Å². The first-order valence-electron chi connectivity index (χ1n) is 10.6. The number of hydrogen-bond acceptors (Lipinski definition) is 7. The van der Waals surface area contributed by atoms with Gasteiger partial charge in [-0.15, -0.1) is 0 Å². The number of amides is 1. The number of aliphatic carboxylic acids is 1. The van der Waals surface area contributed by atoms with Crippen molar-refractivity contribution in [1.29, 1.82) is 0 Å². The molecular weight excluding hydrogens is 424 g/mol. The smallest absolute Gasteiger partial charge is 0.311 e. The molecule has 1 saturated carbocycles. The summed E-state index contributed by atoms with van der Waals surface area (Å²) in [5, 5.41) is 13.9. The van der Waals surface area contributed by atoms with Crippen molar-refractivity contribution in [3.05, 3.63) is 55.3 Å². The monoisotopic (exact) mass is 446 g/mol. The second-order valence-electron chi connectivity index (χ2n) is 8.26. The van der Waals surface area contributed by atoms with E-state index in [1.54, 1.807) is 23.2 Å². The zero-order valence-corrected chi connectivity index (χ0v) is 17.6. The molecule has 1 atom stereocenters. The second-order valence-corrected chi connectivity index (χ2v) is 8.26. The number of nitrogens with one attached hydrogen (secondary N) is 1. The molecule has 10 nitrogen and oxygen atoms in total. The topological polar surface area (TPSA) is 149 Å². The molecule has 0 bridgehead atoms. The summed E-state index contributed by atoms with van der Waals surface area (Å²) < 4.78 is 7.06. The van der Waals surface area contributed by atoms with Crippen molar-refractivity contribution in [2.24, 2.45) is 11.1 Å². The number of anilines is 2. The lowest BCUT2D eigenvalue weighted by molar-refractivity contribution is -0.159. The average Bonchev–Trinajstić information content (AvgIpc) is 3.42. The Morgan fingerprint density at radius 1 is 1.21 bits per heavy atom. The van der Waals surface area contributed by atoms with Crippen molar-refractivity contribution in [1.82, 2.24) is 19.5 Å². The van der Waals surface area contributed by atoms with E-state index in [4.69, 9.17) is 10.2 Å². The maximum atomic E-state index is 12.2. The molecule has 1 fully saturated rings. The Kier molecular flexibility index (Phi) is 5.04. The van der Waals surface area contributed by atoms with Crippen LogP contribution in [-0.2, 0) is 9.59 Å². The van der Waals surface area contributed by atoms with Crippen LogP contribution in [-0.4, -0.2) is 36.5 Å². The normalized spacial score (nSPS) is 15.6. The van der Waals surface area contributed by atoms with Crippen LogP contribution in [0.25, 0.3) is 22.4 Å². The van der Waals surface area contributed by atoms with Crippen LogP contribution >= 0.6 is 0 Å². The Morgan fingerprint density at radius 3 is 2.61 bits per heavy atom. The van der Waals surface area contributed by atoms with Gasteiger partial charge >= 0.3 is 5.97 Å². The van der Waals surface area contributed by atoms with E-state index in [0.717, 1.165) is 23.1 Å². The van der Waals surface area contributed by atoms with E-state index in [1.165, 1.54) is 6.39 Å². The highest BCUT2D eigenvalue weighted by Gasteiger charge is 2.52. The number of nitrogens with zero attached hydrogens (tertiary/aromatic N) is 4. The van der Waals surface area contributed by atoms with Crippen molar-refractivity contribution in [2.45, 2.75) is 31.7 Å². The minimum Gasteiger partial charge on any atom is -0.481 e. The number of aromatic nitrogens is 4. The van der Waals surface area contributed by atoms with E-state index < -0.39 is 23.3 Å². The maximum Gasteiger partial charge on any atom is 0.311 e. The third kappa shape index (κ3) is 3.69. The van der Waals surface area contributed by atoms with Crippen LogP contribution in [0.3, 0.4) is 0 Å². The van der Waals surface area contributed by atoms with E-state index in [-0.39, 0.29) is 6.42 Å². The summed E-state index contributed by atoms with van der Waals surface area (Å²) in [4.78, 5) is 36.9. The quantitative estimate of drug-likeness (QED) is 0.372. The van der Waals surface area contributed by atoms with Crippen molar-refractivity contribution in [2.75, 3.05) is 5.32 Å². The first-order chi connectivity index (χ1) is 16.0. The summed E-state index contributed by atoms with van der Waals surface area (Å²) in [6.07, 6.45) is 8.15. The van der Waals surface area contributed by atoms with Gasteiger partial charge in [0.05, 0.1) is 17.7 Å². The predicted molar refractivity (Wildman–Crippen MR) is 120 cm³/mol. The Hall–Kier alpha value is -4.21. The molecule has 0 saturated heterocycles. The summed E-state index contributed by atoms with van der Waals surface area (Å²) in [6.45, 7) is 0. The lowest BCUT2D eigenvalue weighted by atomic mass is 9.63. The fourth-order valence-corrected chi connectivity index (χ4v) is 4.45. The highest BCUT2D eigenvalue weighted by molar-refractivity contribution is 5.82. The minimum absolute atomic E-state index is 0.0774. The van der Waals surface area contributed by atoms with Crippen LogP contribution in [0.4, 0.5) is 11.6 Å². The van der Waals surface area contributed by atoms with Gasteiger partial charge < -0.3 is 25.1 Å². The number of benzene rings is 1. The van der Waals surface area contributed by atoms with Crippen molar-refractivity contribution >= 4 is 34.5 Å². The van der Waals surface area contributed by atoms with Crippen LogP contribution in [0.1, 0.15) is 31.7 Å². The van der Waals surface area contributed by atoms with Crippen LogP contribution in [0.15, 0.2) is 59.7 Å². The molecule has 0 aliphatic heterocycles. The summed E-state index contributed by atoms with van der Waals surface area (Å²) in [5.74, 6) is -0.443. The van der Waals surface area contributed by atoms with Gasteiger partial charge in [-0.05, 0) is 43.2 Å². The van der Waals surface area contributed by atoms with Gasteiger partial charge in [-0.25, -0.2) is 9.97 Å². The molecule has 5 rings (SSSR count). The molecule has 1 unspecified atom stereocenters. The zero-order chi connectivity index (χ0) is 23.0. The molecule has 0 spiro atoms. The van der Waals surface area contributed by atoms with E-state index >= 15 is 0 Å². The molecule has 4 N–H and O–H groups in total. The fraction of sp³-hybridized carbons (Fsp3) is 0.261. The van der Waals surface area contributed by atoms with Gasteiger partial charge in [0.1, 0.15) is 5.65 Å². The van der Waals surface area contributed by atoms with Crippen LogP contribution < -0.4 is 11.1 Å².